The van der Waals surface area contributed by atoms with E-state index < -0.39 is 6.30 Å². The SMILES string of the molecule is CC.CC.CC.CC.CC(=O)Oc1ccccc1.CC(=O)Oc1ccccc1.CCC(C)N.CCC(N)[18F].[Ar].[Ar]. The molecule has 2 rings (SSSR count). The molecule has 0 aliphatic carbocycles. The van der Waals surface area contributed by atoms with Gasteiger partial charge in [0.2, 0.25) is 0 Å². The second kappa shape index (κ2) is 54.8. The van der Waals surface area contributed by atoms with Gasteiger partial charge in [-0.25, -0.2) is 4.39 Å². The van der Waals surface area contributed by atoms with Gasteiger partial charge in [0.05, 0.1) is 0 Å². The van der Waals surface area contributed by atoms with E-state index in [9.17, 15) is 14.0 Å². The van der Waals surface area contributed by atoms with Crippen molar-refractivity contribution in [3.8, 4) is 11.5 Å². The Morgan fingerprint density at radius 3 is 0.975 bits per heavy atom. The van der Waals surface area contributed by atoms with Gasteiger partial charge in [-0.1, -0.05) is 106 Å². The van der Waals surface area contributed by atoms with Crippen LogP contribution in [0, 0.1) is 75.5 Å². The van der Waals surface area contributed by atoms with Crippen molar-refractivity contribution in [2.75, 3.05) is 0 Å². The summed E-state index contributed by atoms with van der Waals surface area (Å²) in [6.45, 7) is 24.5. The zero-order valence-electron chi connectivity index (χ0n) is 27.2. The Balaban J connectivity index is -0.0000000534. The van der Waals surface area contributed by atoms with E-state index >= 15 is 0 Å². The van der Waals surface area contributed by atoms with Crippen molar-refractivity contribution in [3.05, 3.63) is 60.7 Å². The summed E-state index contributed by atoms with van der Waals surface area (Å²) in [6, 6.07) is 18.3. The van der Waals surface area contributed by atoms with Crippen LogP contribution in [-0.4, -0.2) is 24.3 Å². The molecule has 6 nitrogen and oxygen atoms in total. The van der Waals surface area contributed by atoms with E-state index in [0.717, 1.165) is 6.42 Å². The van der Waals surface area contributed by atoms with Gasteiger partial charge in [0.25, 0.3) is 0 Å². The number of nitrogens with two attached hydrogens (primary N) is 2. The molecular formula is C31H59Ar2FN2O4. The molecule has 2 atom stereocenters. The number of carbonyl (C=O) groups is 2. The van der Waals surface area contributed by atoms with Crippen molar-refractivity contribution in [2.45, 2.75) is 115 Å². The summed E-state index contributed by atoms with van der Waals surface area (Å²) in [5.41, 5.74) is 9.92. The molecule has 240 valence electrons. The maximum absolute atomic E-state index is 11.2. The number of carbonyl (C=O) groups excluding carboxylic acids is 2. The van der Waals surface area contributed by atoms with Gasteiger partial charge < -0.3 is 20.9 Å². The van der Waals surface area contributed by atoms with Crippen LogP contribution < -0.4 is 20.9 Å². The Labute approximate surface area is 306 Å². The number of rotatable bonds is 4. The molecule has 0 aromatic heterocycles. The van der Waals surface area contributed by atoms with Gasteiger partial charge in [-0.15, -0.1) is 0 Å². The number of hydrogen-bond acceptors (Lipinski definition) is 6. The Morgan fingerprint density at radius 2 is 0.850 bits per heavy atom. The second-order valence-corrected chi connectivity index (χ2v) is 6.12. The monoisotopic (exact) mass is 621 g/mol. The normalized spacial score (nSPS) is 8.80. The predicted molar refractivity (Wildman–Crippen MR) is 164 cm³/mol. The fraction of sp³-hybridized carbons (Fsp3) is 0.548. The number of halogens is 1. The smallest absolute Gasteiger partial charge is 0.308 e. The number of para-hydroxylation sites is 2. The van der Waals surface area contributed by atoms with E-state index in [1.54, 1.807) is 31.2 Å². The van der Waals surface area contributed by atoms with Crippen molar-refractivity contribution < 1.29 is 98.9 Å². The van der Waals surface area contributed by atoms with Crippen LogP contribution in [0.5, 0.6) is 11.5 Å². The molecule has 9 heteroatoms. The van der Waals surface area contributed by atoms with Crippen molar-refractivity contribution in [3.63, 3.8) is 0 Å². The largest absolute Gasteiger partial charge is 0.427 e. The van der Waals surface area contributed by atoms with E-state index in [0.29, 0.717) is 24.0 Å². The van der Waals surface area contributed by atoms with E-state index in [-0.39, 0.29) is 87.4 Å². The molecule has 0 heterocycles. The van der Waals surface area contributed by atoms with E-state index in [2.05, 4.69) is 12.7 Å². The summed E-state index contributed by atoms with van der Waals surface area (Å²) in [5, 5.41) is 0. The molecule has 0 aliphatic rings. The van der Waals surface area contributed by atoms with Gasteiger partial charge >= 0.3 is 11.9 Å². The van der Waals surface area contributed by atoms with Crippen molar-refractivity contribution in [1.82, 2.24) is 0 Å². The number of hydrogen-bond donors (Lipinski definition) is 2. The average Bonchev–Trinajstić information content (AvgIpc) is 2.94. The molecule has 0 saturated carbocycles. The first-order valence-electron chi connectivity index (χ1n) is 13.7. The van der Waals surface area contributed by atoms with Crippen LogP contribution in [0.1, 0.15) is 103 Å². The summed E-state index contributed by atoms with van der Waals surface area (Å²) >= 11 is 0. The van der Waals surface area contributed by atoms with Crippen molar-refractivity contribution >= 4 is 11.9 Å². The van der Waals surface area contributed by atoms with Crippen LogP contribution in [0.2, 0.25) is 0 Å². The van der Waals surface area contributed by atoms with Gasteiger partial charge in [0.15, 0.2) is 0 Å². The zero-order valence-corrected chi connectivity index (χ0v) is 28.6. The topological polar surface area (TPSA) is 105 Å². The molecule has 2 aromatic carbocycles. The summed E-state index contributed by atoms with van der Waals surface area (Å²) in [7, 11) is 0. The molecule has 0 radical (unpaired) electrons. The van der Waals surface area contributed by atoms with Crippen LogP contribution in [0.3, 0.4) is 0 Å². The van der Waals surface area contributed by atoms with Crippen LogP contribution in [-0.2, 0) is 9.59 Å². The van der Waals surface area contributed by atoms with Crippen molar-refractivity contribution in [1.29, 1.82) is 0 Å². The van der Waals surface area contributed by atoms with Crippen LogP contribution in [0.15, 0.2) is 60.7 Å². The molecule has 0 aliphatic heterocycles. The number of alkyl halides is 1. The molecule has 40 heavy (non-hydrogen) atoms. The number of ether oxygens (including phenoxy) is 2. The molecule has 0 spiro atoms. The molecule has 2 unspecified atom stereocenters. The molecule has 0 bridgehead atoms. The Kier molecular flexibility index (Phi) is 81.1. The first-order chi connectivity index (χ1) is 18.1. The fourth-order valence-electron chi connectivity index (χ4n) is 1.31. The Hall–Kier alpha value is -0.251. The molecule has 4 N–H and O–H groups in total. The van der Waals surface area contributed by atoms with Gasteiger partial charge in [-0.05, 0) is 44.0 Å². The maximum atomic E-state index is 11.2. The third-order valence-corrected chi connectivity index (χ3v) is 3.04. The van der Waals surface area contributed by atoms with E-state index in [1.165, 1.54) is 13.8 Å². The minimum Gasteiger partial charge on any atom is -0.427 e. The van der Waals surface area contributed by atoms with Gasteiger partial charge in [-0.2, -0.15) is 0 Å². The minimum absolute atomic E-state index is 0. The summed E-state index contributed by atoms with van der Waals surface area (Å²) in [5.74, 6) is 0.613. The molecule has 2 aromatic rings. The minimum atomic E-state index is -1.12. The van der Waals surface area contributed by atoms with Gasteiger partial charge in [-0.3, -0.25) is 9.59 Å². The number of esters is 2. The quantitative estimate of drug-likeness (QED) is 0.201. The first-order valence-corrected chi connectivity index (χ1v) is 13.7. The maximum Gasteiger partial charge on any atom is 0.308 e. The average molecular weight is 622 g/mol. The molecule has 0 fully saturated rings. The summed E-state index contributed by atoms with van der Waals surface area (Å²) in [4.78, 5) is 20.8. The van der Waals surface area contributed by atoms with Crippen LogP contribution >= 0.6 is 0 Å². The fourth-order valence-corrected chi connectivity index (χ4v) is 1.31. The first kappa shape index (κ1) is 59.2. The van der Waals surface area contributed by atoms with E-state index in [4.69, 9.17) is 15.2 Å². The summed E-state index contributed by atoms with van der Waals surface area (Å²) in [6.07, 6.45) is 0.384. The molecule has 0 saturated heterocycles. The molecular weight excluding hydrogens is 562 g/mol. The Bertz CT molecular complexity index is 620. The van der Waals surface area contributed by atoms with Crippen LogP contribution in [0.4, 0.5) is 4.39 Å². The van der Waals surface area contributed by atoms with Gasteiger partial charge in [0.1, 0.15) is 17.8 Å². The van der Waals surface area contributed by atoms with E-state index in [1.807, 2.05) is 98.7 Å². The summed E-state index contributed by atoms with van der Waals surface area (Å²) < 4.78 is 20.8. The standard InChI is InChI=1S/2C8H8O2.C4H11N.C3H8FN.4C2H6.2Ar/c2*1-7(9)10-8-5-3-2-4-6-8;1-3-4(2)5;1-2-3(4)5;4*1-2;;/h2*2-6H,1H3;4H,3,5H2,1-2H3;3H,2,5H2,1H3;4*1-2H3;;/i;;;4-1;;;;;;. The third-order valence-electron chi connectivity index (χ3n) is 3.04. The second-order valence-electron chi connectivity index (χ2n) is 6.12. The number of benzene rings is 2. The predicted octanol–water partition coefficient (Wildman–Crippen LogP) is 8.72. The van der Waals surface area contributed by atoms with Crippen molar-refractivity contribution in [2.24, 2.45) is 11.5 Å². The zero-order chi connectivity index (χ0) is 31.4. The molecule has 0 amide bonds. The van der Waals surface area contributed by atoms with Gasteiger partial charge in [0, 0.05) is 95.4 Å². The Morgan fingerprint density at radius 1 is 0.650 bits per heavy atom. The van der Waals surface area contributed by atoms with Crippen LogP contribution in [0.25, 0.3) is 0 Å². The third kappa shape index (κ3) is 66.2.